The summed E-state index contributed by atoms with van der Waals surface area (Å²) in [5, 5.41) is 0. The zero-order valence-corrected chi connectivity index (χ0v) is 11.0. The fourth-order valence-corrected chi connectivity index (χ4v) is 2.46. The van der Waals surface area contributed by atoms with Crippen LogP contribution in [0.2, 0.25) is 0 Å². The molecule has 0 aromatic carbocycles. The van der Waals surface area contributed by atoms with Gasteiger partial charge in [0.1, 0.15) is 5.82 Å². The van der Waals surface area contributed by atoms with E-state index in [-0.39, 0.29) is 0 Å². The van der Waals surface area contributed by atoms with Crippen molar-refractivity contribution in [3.8, 4) is 0 Å². The summed E-state index contributed by atoms with van der Waals surface area (Å²) in [6.45, 7) is 4.80. The Hall–Kier alpha value is -1.13. The summed E-state index contributed by atoms with van der Waals surface area (Å²) in [6.07, 6.45) is 3.08. The minimum absolute atomic E-state index is 0.568. The van der Waals surface area contributed by atoms with Crippen molar-refractivity contribution in [3.63, 3.8) is 0 Å². The van der Waals surface area contributed by atoms with Crippen molar-refractivity contribution in [2.75, 3.05) is 32.1 Å². The van der Waals surface area contributed by atoms with Gasteiger partial charge < -0.3 is 15.5 Å². The maximum atomic E-state index is 5.84. The van der Waals surface area contributed by atoms with Crippen LogP contribution < -0.4 is 10.6 Å². The summed E-state index contributed by atoms with van der Waals surface area (Å²) < 4.78 is 0. The second-order valence-corrected chi connectivity index (χ2v) is 4.99. The third-order valence-electron chi connectivity index (χ3n) is 3.66. The summed E-state index contributed by atoms with van der Waals surface area (Å²) >= 11 is 0. The Bertz CT molecular complexity index is 389. The number of pyridine rings is 1. The third kappa shape index (κ3) is 2.42. The maximum absolute atomic E-state index is 5.84. The van der Waals surface area contributed by atoms with Gasteiger partial charge in [-0.3, -0.25) is 0 Å². The van der Waals surface area contributed by atoms with Crippen LogP contribution in [-0.4, -0.2) is 43.1 Å². The number of aryl methyl sites for hydroxylation is 1. The Morgan fingerprint density at radius 2 is 2.29 bits per heavy atom. The zero-order valence-electron chi connectivity index (χ0n) is 11.0. The number of nitrogens with two attached hydrogens (primary N) is 1. The molecule has 0 saturated carbocycles. The highest BCUT2D eigenvalue weighted by Crippen LogP contribution is 2.25. The van der Waals surface area contributed by atoms with E-state index in [1.54, 1.807) is 0 Å². The monoisotopic (exact) mass is 234 g/mol. The quantitative estimate of drug-likeness (QED) is 0.847. The van der Waals surface area contributed by atoms with Gasteiger partial charge >= 0.3 is 0 Å². The molecule has 1 aliphatic heterocycles. The lowest BCUT2D eigenvalue weighted by atomic mass is 10.1. The molecule has 2 heterocycles. The van der Waals surface area contributed by atoms with Gasteiger partial charge in [0.15, 0.2) is 0 Å². The molecule has 4 nitrogen and oxygen atoms in total. The summed E-state index contributed by atoms with van der Waals surface area (Å²) in [6, 6.07) is 2.66. The van der Waals surface area contributed by atoms with Gasteiger partial charge in [0.25, 0.3) is 0 Å². The number of aromatic nitrogens is 1. The van der Waals surface area contributed by atoms with Crippen LogP contribution in [0.4, 0.5) is 5.82 Å². The molecular formula is C13H22N4. The molecule has 4 heteroatoms. The van der Waals surface area contributed by atoms with Gasteiger partial charge in [-0.25, -0.2) is 4.98 Å². The predicted molar refractivity (Wildman–Crippen MR) is 71.2 cm³/mol. The van der Waals surface area contributed by atoms with E-state index in [0.29, 0.717) is 12.6 Å². The molecule has 1 unspecified atom stereocenters. The van der Waals surface area contributed by atoms with Gasteiger partial charge in [-0.05, 0) is 39.1 Å². The maximum Gasteiger partial charge on any atom is 0.133 e. The Labute approximate surface area is 103 Å². The van der Waals surface area contributed by atoms with E-state index in [0.717, 1.165) is 18.9 Å². The van der Waals surface area contributed by atoms with Crippen LogP contribution in [0.3, 0.4) is 0 Å². The molecule has 1 fully saturated rings. The molecule has 2 N–H and O–H groups in total. The molecule has 1 aromatic heterocycles. The van der Waals surface area contributed by atoms with Crippen molar-refractivity contribution in [3.05, 3.63) is 23.4 Å². The average Bonchev–Trinajstić information content (AvgIpc) is 2.77. The Balaban J connectivity index is 2.21. The van der Waals surface area contributed by atoms with Gasteiger partial charge in [0.05, 0.1) is 0 Å². The second kappa shape index (κ2) is 5.02. The topological polar surface area (TPSA) is 45.4 Å². The van der Waals surface area contributed by atoms with E-state index in [1.807, 2.05) is 12.3 Å². The highest BCUT2D eigenvalue weighted by Gasteiger charge is 2.26. The molecule has 94 valence electrons. The fraction of sp³-hybridized carbons (Fsp3) is 0.615. The first-order valence-electron chi connectivity index (χ1n) is 6.19. The van der Waals surface area contributed by atoms with E-state index in [4.69, 9.17) is 5.73 Å². The molecule has 1 aliphatic rings. The summed E-state index contributed by atoms with van der Waals surface area (Å²) in [5.41, 5.74) is 8.26. The smallest absolute Gasteiger partial charge is 0.133 e. The third-order valence-corrected chi connectivity index (χ3v) is 3.66. The summed E-state index contributed by atoms with van der Waals surface area (Å²) in [4.78, 5) is 9.16. The zero-order chi connectivity index (χ0) is 12.4. The van der Waals surface area contributed by atoms with Gasteiger partial charge in [0, 0.05) is 37.4 Å². The van der Waals surface area contributed by atoms with Crippen molar-refractivity contribution in [1.82, 2.24) is 9.88 Å². The lowest BCUT2D eigenvalue weighted by Crippen LogP contribution is -2.32. The van der Waals surface area contributed by atoms with Crippen LogP contribution in [0.15, 0.2) is 12.3 Å². The van der Waals surface area contributed by atoms with Gasteiger partial charge in [-0.15, -0.1) is 0 Å². The Kier molecular flexibility index (Phi) is 3.64. The number of likely N-dealkylation sites (N-methyl/N-ethyl adjacent to an activating group) is 1. The van der Waals surface area contributed by atoms with Crippen molar-refractivity contribution in [1.29, 1.82) is 0 Å². The van der Waals surface area contributed by atoms with Crippen molar-refractivity contribution >= 4 is 5.82 Å². The number of nitrogens with zero attached hydrogens (tertiary/aromatic N) is 3. The molecule has 0 bridgehead atoms. The van der Waals surface area contributed by atoms with Crippen LogP contribution in [0.1, 0.15) is 17.5 Å². The van der Waals surface area contributed by atoms with Crippen molar-refractivity contribution in [2.45, 2.75) is 25.9 Å². The van der Waals surface area contributed by atoms with Crippen LogP contribution in [-0.2, 0) is 6.54 Å². The number of hydrogen-bond donors (Lipinski definition) is 1. The van der Waals surface area contributed by atoms with Gasteiger partial charge in [-0.1, -0.05) is 0 Å². The fourth-order valence-electron chi connectivity index (χ4n) is 2.46. The number of rotatable bonds is 3. The first kappa shape index (κ1) is 12.3. The van der Waals surface area contributed by atoms with Crippen LogP contribution in [0, 0.1) is 6.92 Å². The number of anilines is 1. The summed E-state index contributed by atoms with van der Waals surface area (Å²) in [7, 11) is 4.28. The van der Waals surface area contributed by atoms with Gasteiger partial charge in [0.2, 0.25) is 0 Å². The van der Waals surface area contributed by atoms with Crippen LogP contribution >= 0.6 is 0 Å². The standard InChI is InChI=1S/C13H22N4/c1-10-4-6-15-13(12(10)8-14)17-7-5-11(9-17)16(2)3/h4,6,11H,5,7-9,14H2,1-3H3. The van der Waals surface area contributed by atoms with E-state index >= 15 is 0 Å². The highest BCUT2D eigenvalue weighted by molar-refractivity contribution is 5.51. The molecule has 0 amide bonds. The molecular weight excluding hydrogens is 212 g/mol. The normalized spacial score (nSPS) is 20.3. The molecule has 1 saturated heterocycles. The molecule has 2 rings (SSSR count). The van der Waals surface area contributed by atoms with E-state index < -0.39 is 0 Å². The molecule has 0 spiro atoms. The lowest BCUT2D eigenvalue weighted by Gasteiger charge is -2.23. The SMILES string of the molecule is Cc1ccnc(N2CCC(N(C)C)C2)c1CN. The van der Waals surface area contributed by atoms with E-state index in [1.165, 1.54) is 17.5 Å². The van der Waals surface area contributed by atoms with Gasteiger partial charge in [-0.2, -0.15) is 0 Å². The first-order chi connectivity index (χ1) is 8.13. The van der Waals surface area contributed by atoms with Crippen LogP contribution in [0.5, 0.6) is 0 Å². The Morgan fingerprint density at radius 1 is 1.53 bits per heavy atom. The highest BCUT2D eigenvalue weighted by atomic mass is 15.3. The minimum atomic E-state index is 0.568. The predicted octanol–water partition coefficient (Wildman–Crippen LogP) is 0.989. The largest absolute Gasteiger partial charge is 0.355 e. The van der Waals surface area contributed by atoms with Crippen molar-refractivity contribution in [2.24, 2.45) is 5.73 Å². The molecule has 1 atom stereocenters. The molecule has 0 radical (unpaired) electrons. The molecule has 17 heavy (non-hydrogen) atoms. The molecule has 1 aromatic rings. The minimum Gasteiger partial charge on any atom is -0.355 e. The first-order valence-corrected chi connectivity index (χ1v) is 6.19. The summed E-state index contributed by atoms with van der Waals surface area (Å²) in [5.74, 6) is 1.08. The lowest BCUT2D eigenvalue weighted by molar-refractivity contribution is 0.315. The second-order valence-electron chi connectivity index (χ2n) is 4.99. The Morgan fingerprint density at radius 3 is 2.88 bits per heavy atom. The van der Waals surface area contributed by atoms with E-state index in [9.17, 15) is 0 Å². The van der Waals surface area contributed by atoms with E-state index in [2.05, 4.69) is 35.8 Å². The average molecular weight is 234 g/mol. The number of hydrogen-bond acceptors (Lipinski definition) is 4. The van der Waals surface area contributed by atoms with Crippen molar-refractivity contribution < 1.29 is 0 Å². The molecule has 0 aliphatic carbocycles. The van der Waals surface area contributed by atoms with Crippen LogP contribution in [0.25, 0.3) is 0 Å².